The number of carboxylic acids is 1. The maximum absolute atomic E-state index is 11.9. The third-order valence-corrected chi connectivity index (χ3v) is 4.07. The summed E-state index contributed by atoms with van der Waals surface area (Å²) < 4.78 is 4.83. The summed E-state index contributed by atoms with van der Waals surface area (Å²) in [4.78, 5) is 25.1. The van der Waals surface area contributed by atoms with Crippen LogP contribution in [0.1, 0.15) is 18.4 Å². The van der Waals surface area contributed by atoms with E-state index in [1.54, 1.807) is 0 Å². The Hall–Kier alpha value is -1.88. The number of nitrogens with zero attached hydrogens (tertiary/aromatic N) is 1. The summed E-state index contributed by atoms with van der Waals surface area (Å²) in [5.74, 6) is -1.62. The SMILES string of the molecule is COC(=O)C1CC(C(=O)O)CCN1CCc1ccccc1. The van der Waals surface area contributed by atoms with Crippen molar-refractivity contribution in [2.24, 2.45) is 5.92 Å². The van der Waals surface area contributed by atoms with Gasteiger partial charge in [0.1, 0.15) is 6.04 Å². The highest BCUT2D eigenvalue weighted by Crippen LogP contribution is 2.24. The Kier molecular flexibility index (Phi) is 5.33. The van der Waals surface area contributed by atoms with Crippen LogP contribution < -0.4 is 0 Å². The highest BCUT2D eigenvalue weighted by atomic mass is 16.5. The van der Waals surface area contributed by atoms with Gasteiger partial charge in [0.25, 0.3) is 0 Å². The summed E-state index contributed by atoms with van der Waals surface area (Å²) in [6.07, 6.45) is 1.75. The van der Waals surface area contributed by atoms with Crippen molar-refractivity contribution in [3.05, 3.63) is 35.9 Å². The highest BCUT2D eigenvalue weighted by molar-refractivity contribution is 5.78. The van der Waals surface area contributed by atoms with Gasteiger partial charge >= 0.3 is 11.9 Å². The molecule has 1 aromatic rings. The van der Waals surface area contributed by atoms with Crippen molar-refractivity contribution < 1.29 is 19.4 Å². The number of carbonyl (C=O) groups is 2. The summed E-state index contributed by atoms with van der Waals surface area (Å²) in [7, 11) is 1.35. The van der Waals surface area contributed by atoms with E-state index >= 15 is 0 Å². The van der Waals surface area contributed by atoms with Crippen molar-refractivity contribution in [1.29, 1.82) is 0 Å². The van der Waals surface area contributed by atoms with Gasteiger partial charge in [-0.15, -0.1) is 0 Å². The lowest BCUT2D eigenvalue weighted by Crippen LogP contribution is -2.49. The number of rotatable bonds is 5. The maximum Gasteiger partial charge on any atom is 0.323 e. The molecule has 2 rings (SSSR count). The lowest BCUT2D eigenvalue weighted by Gasteiger charge is -2.36. The van der Waals surface area contributed by atoms with Gasteiger partial charge in [-0.2, -0.15) is 0 Å². The molecule has 0 aliphatic carbocycles. The van der Waals surface area contributed by atoms with Crippen molar-refractivity contribution in [1.82, 2.24) is 4.90 Å². The van der Waals surface area contributed by atoms with Crippen LogP contribution in [0.4, 0.5) is 0 Å². The Morgan fingerprint density at radius 3 is 2.67 bits per heavy atom. The van der Waals surface area contributed by atoms with E-state index in [1.807, 2.05) is 23.1 Å². The summed E-state index contributed by atoms with van der Waals surface area (Å²) >= 11 is 0. The number of ether oxygens (including phenoxy) is 1. The first-order chi connectivity index (χ1) is 10.1. The fourth-order valence-corrected chi connectivity index (χ4v) is 2.80. The van der Waals surface area contributed by atoms with Gasteiger partial charge in [-0.1, -0.05) is 30.3 Å². The van der Waals surface area contributed by atoms with Crippen molar-refractivity contribution in [3.8, 4) is 0 Å². The number of hydrogen-bond acceptors (Lipinski definition) is 4. The van der Waals surface area contributed by atoms with Crippen LogP contribution in [-0.4, -0.2) is 48.2 Å². The molecule has 1 fully saturated rings. The molecule has 5 heteroatoms. The first kappa shape index (κ1) is 15.5. The van der Waals surface area contributed by atoms with Crippen molar-refractivity contribution in [2.45, 2.75) is 25.3 Å². The zero-order valence-corrected chi connectivity index (χ0v) is 12.2. The van der Waals surface area contributed by atoms with Gasteiger partial charge in [0.05, 0.1) is 13.0 Å². The van der Waals surface area contributed by atoms with E-state index in [0.29, 0.717) is 19.4 Å². The molecular weight excluding hydrogens is 270 g/mol. The molecule has 0 radical (unpaired) electrons. The molecule has 0 bridgehead atoms. The van der Waals surface area contributed by atoms with Crippen molar-refractivity contribution in [3.63, 3.8) is 0 Å². The Morgan fingerprint density at radius 1 is 1.33 bits per heavy atom. The summed E-state index contributed by atoms with van der Waals surface area (Å²) in [6, 6.07) is 9.61. The quantitative estimate of drug-likeness (QED) is 0.834. The van der Waals surface area contributed by atoms with E-state index in [0.717, 1.165) is 13.0 Å². The summed E-state index contributed by atoms with van der Waals surface area (Å²) in [5.41, 5.74) is 1.21. The van der Waals surface area contributed by atoms with Crippen molar-refractivity contribution in [2.75, 3.05) is 20.2 Å². The van der Waals surface area contributed by atoms with Gasteiger partial charge in [0, 0.05) is 6.54 Å². The first-order valence-corrected chi connectivity index (χ1v) is 7.20. The first-order valence-electron chi connectivity index (χ1n) is 7.20. The average molecular weight is 291 g/mol. The Balaban J connectivity index is 1.99. The van der Waals surface area contributed by atoms with E-state index in [4.69, 9.17) is 9.84 Å². The summed E-state index contributed by atoms with van der Waals surface area (Å²) in [6.45, 7) is 1.35. The van der Waals surface area contributed by atoms with Crippen LogP contribution in [0.3, 0.4) is 0 Å². The zero-order chi connectivity index (χ0) is 15.2. The number of piperidine rings is 1. The van der Waals surface area contributed by atoms with Crippen LogP contribution in [0.25, 0.3) is 0 Å². The van der Waals surface area contributed by atoms with Crippen LogP contribution >= 0.6 is 0 Å². The van der Waals surface area contributed by atoms with Crippen LogP contribution in [-0.2, 0) is 20.7 Å². The van der Waals surface area contributed by atoms with E-state index in [-0.39, 0.29) is 5.97 Å². The number of likely N-dealkylation sites (tertiary alicyclic amines) is 1. The van der Waals surface area contributed by atoms with Crippen molar-refractivity contribution >= 4 is 11.9 Å². The van der Waals surface area contributed by atoms with Crippen LogP contribution in [0.15, 0.2) is 30.3 Å². The predicted molar refractivity (Wildman–Crippen MR) is 77.9 cm³/mol. The lowest BCUT2D eigenvalue weighted by atomic mass is 9.90. The zero-order valence-electron chi connectivity index (χ0n) is 12.2. The van der Waals surface area contributed by atoms with Crippen LogP contribution in [0, 0.1) is 5.92 Å². The van der Waals surface area contributed by atoms with Gasteiger partial charge in [-0.05, 0) is 31.4 Å². The number of methoxy groups -OCH3 is 1. The number of aliphatic carboxylic acids is 1. The molecule has 1 saturated heterocycles. The Bertz CT molecular complexity index is 488. The molecule has 1 N–H and O–H groups in total. The second-order valence-corrected chi connectivity index (χ2v) is 5.37. The molecule has 0 aromatic heterocycles. The Labute approximate surface area is 124 Å². The maximum atomic E-state index is 11.9. The topological polar surface area (TPSA) is 66.8 Å². The van der Waals surface area contributed by atoms with Gasteiger partial charge in [0.15, 0.2) is 0 Å². The second-order valence-electron chi connectivity index (χ2n) is 5.37. The third kappa shape index (κ3) is 4.04. The smallest absolute Gasteiger partial charge is 0.323 e. The average Bonchev–Trinajstić information content (AvgIpc) is 2.52. The molecule has 0 amide bonds. The van der Waals surface area contributed by atoms with E-state index in [1.165, 1.54) is 12.7 Å². The molecule has 0 spiro atoms. The second kappa shape index (κ2) is 7.22. The number of esters is 1. The molecule has 114 valence electrons. The number of benzene rings is 1. The predicted octanol–water partition coefficient (Wildman–Crippen LogP) is 1.57. The molecule has 1 heterocycles. The minimum absolute atomic E-state index is 0.330. The largest absolute Gasteiger partial charge is 0.481 e. The number of hydrogen-bond donors (Lipinski definition) is 1. The minimum Gasteiger partial charge on any atom is -0.481 e. The van der Waals surface area contributed by atoms with Crippen LogP contribution in [0.5, 0.6) is 0 Å². The molecular formula is C16H21NO4. The third-order valence-electron chi connectivity index (χ3n) is 4.07. The molecule has 1 aliphatic heterocycles. The molecule has 5 nitrogen and oxygen atoms in total. The molecule has 1 aromatic carbocycles. The minimum atomic E-state index is -0.827. The number of carbonyl (C=O) groups excluding carboxylic acids is 1. The number of carboxylic acid groups (broad SMARTS) is 1. The van der Waals surface area contributed by atoms with E-state index < -0.39 is 17.9 Å². The van der Waals surface area contributed by atoms with E-state index in [2.05, 4.69) is 12.1 Å². The molecule has 1 aliphatic rings. The fourth-order valence-electron chi connectivity index (χ4n) is 2.80. The van der Waals surface area contributed by atoms with Gasteiger partial charge in [0.2, 0.25) is 0 Å². The van der Waals surface area contributed by atoms with Crippen LogP contribution in [0.2, 0.25) is 0 Å². The molecule has 2 atom stereocenters. The van der Waals surface area contributed by atoms with Gasteiger partial charge in [-0.25, -0.2) is 0 Å². The van der Waals surface area contributed by atoms with Gasteiger partial charge < -0.3 is 9.84 Å². The lowest BCUT2D eigenvalue weighted by molar-refractivity contribution is -0.152. The van der Waals surface area contributed by atoms with Gasteiger partial charge in [-0.3, -0.25) is 14.5 Å². The molecule has 0 saturated carbocycles. The fraction of sp³-hybridized carbons (Fsp3) is 0.500. The normalized spacial score (nSPS) is 22.7. The monoisotopic (exact) mass is 291 g/mol. The Morgan fingerprint density at radius 2 is 2.05 bits per heavy atom. The molecule has 2 unspecified atom stereocenters. The summed E-state index contributed by atoms with van der Waals surface area (Å²) in [5, 5.41) is 9.13. The standard InChI is InChI=1S/C16H21NO4/c1-21-16(20)14-11-13(15(18)19)8-10-17(14)9-7-12-5-3-2-4-6-12/h2-6,13-14H,7-11H2,1H3,(H,18,19). The molecule has 21 heavy (non-hydrogen) atoms. The van der Waals surface area contributed by atoms with E-state index in [9.17, 15) is 9.59 Å². The highest BCUT2D eigenvalue weighted by Gasteiger charge is 2.36.